The Balaban J connectivity index is 1.73. The minimum Gasteiger partial charge on any atom is -0.408 e. The number of benzene rings is 2. The second kappa shape index (κ2) is 9.35. The molecule has 11 heteroatoms. The van der Waals surface area contributed by atoms with E-state index in [4.69, 9.17) is 10.2 Å². The van der Waals surface area contributed by atoms with Crippen LogP contribution in [-0.2, 0) is 16.4 Å². The Morgan fingerprint density at radius 1 is 1.15 bits per heavy atom. The number of nitrogens with two attached hydrogens (primary N) is 1. The number of hydrogen-bond donors (Lipinski definition) is 2. The highest BCUT2D eigenvalue weighted by Gasteiger charge is 2.25. The fourth-order valence-corrected chi connectivity index (χ4v) is 4.81. The molecule has 2 aromatic carbocycles. The van der Waals surface area contributed by atoms with Crippen LogP contribution in [0.25, 0.3) is 11.1 Å². The first-order valence-electron chi connectivity index (χ1n) is 10.5. The number of aromatic nitrogens is 2. The lowest BCUT2D eigenvalue weighted by Crippen LogP contribution is -2.19. The maximum absolute atomic E-state index is 15.0. The van der Waals surface area contributed by atoms with Crippen molar-refractivity contribution in [3.63, 3.8) is 0 Å². The average Bonchev–Trinajstić information content (AvgIpc) is 3.11. The number of rotatable bonds is 8. The smallest absolute Gasteiger partial charge is 0.408 e. The molecule has 4 rings (SSSR count). The molecule has 2 aromatic heterocycles. The molecule has 0 spiro atoms. The molecular formula is C23H22F2N4O4S. The largest absolute Gasteiger partial charge is 0.420 e. The number of anilines is 1. The van der Waals surface area contributed by atoms with E-state index in [1.165, 1.54) is 16.7 Å². The molecule has 4 aromatic rings. The van der Waals surface area contributed by atoms with Gasteiger partial charge < -0.3 is 10.2 Å². The normalized spacial score (nSPS) is 12.7. The first-order chi connectivity index (χ1) is 16.2. The number of nitrogens with zero attached hydrogens (tertiary/aromatic N) is 2. The van der Waals surface area contributed by atoms with Crippen LogP contribution >= 0.6 is 0 Å². The molecule has 0 amide bonds. The number of halogens is 2. The minimum absolute atomic E-state index is 0.102. The molecule has 0 fully saturated rings. The molecular weight excluding hydrogens is 466 g/mol. The average molecular weight is 489 g/mol. The van der Waals surface area contributed by atoms with Crippen LogP contribution in [0.1, 0.15) is 30.5 Å². The Bertz CT molecular complexity index is 1520. The molecule has 0 saturated heterocycles. The summed E-state index contributed by atoms with van der Waals surface area (Å²) in [4.78, 5) is 15.3. The van der Waals surface area contributed by atoms with E-state index < -0.39 is 38.5 Å². The minimum atomic E-state index is -4.48. The predicted molar refractivity (Wildman–Crippen MR) is 123 cm³/mol. The summed E-state index contributed by atoms with van der Waals surface area (Å²) >= 11 is 0. The van der Waals surface area contributed by atoms with E-state index in [0.717, 1.165) is 42.2 Å². The van der Waals surface area contributed by atoms with Gasteiger partial charge in [0, 0.05) is 12.1 Å². The van der Waals surface area contributed by atoms with Gasteiger partial charge in [-0.1, -0.05) is 30.3 Å². The van der Waals surface area contributed by atoms with Gasteiger partial charge in [-0.25, -0.2) is 22.6 Å². The number of fused-ring (bicyclic) bond motifs is 1. The first kappa shape index (κ1) is 23.6. The summed E-state index contributed by atoms with van der Waals surface area (Å²) in [5.41, 5.74) is 7.42. The van der Waals surface area contributed by atoms with Crippen molar-refractivity contribution >= 4 is 26.9 Å². The molecule has 8 nitrogen and oxygen atoms in total. The third kappa shape index (κ3) is 4.70. The zero-order chi connectivity index (χ0) is 24.5. The van der Waals surface area contributed by atoms with E-state index in [-0.39, 0.29) is 16.9 Å². The molecule has 0 aliphatic heterocycles. The molecule has 3 N–H and O–H groups in total. The van der Waals surface area contributed by atoms with Crippen LogP contribution in [-0.4, -0.2) is 24.5 Å². The van der Waals surface area contributed by atoms with Gasteiger partial charge in [-0.3, -0.25) is 9.29 Å². The maximum atomic E-state index is 15.0. The van der Waals surface area contributed by atoms with Crippen LogP contribution in [0.2, 0.25) is 0 Å². The predicted octanol–water partition coefficient (Wildman–Crippen LogP) is 3.57. The number of oxazole rings is 1. The Hall–Kier alpha value is -3.57. The zero-order valence-corrected chi connectivity index (χ0v) is 19.0. The third-order valence-electron chi connectivity index (χ3n) is 5.40. The molecule has 34 heavy (non-hydrogen) atoms. The molecule has 0 aliphatic carbocycles. The summed E-state index contributed by atoms with van der Waals surface area (Å²) in [5.74, 6) is -3.08. The molecule has 0 bridgehead atoms. The van der Waals surface area contributed by atoms with Gasteiger partial charge in [0.25, 0.3) is 10.0 Å². The topological polar surface area (TPSA) is 120 Å². The Morgan fingerprint density at radius 3 is 2.65 bits per heavy atom. The number of aryl methyl sites for hydroxylation is 1. The van der Waals surface area contributed by atoms with Gasteiger partial charge in [0.05, 0.1) is 11.6 Å². The summed E-state index contributed by atoms with van der Waals surface area (Å²) in [6.07, 6.45) is 1.59. The lowest BCUT2D eigenvalue weighted by atomic mass is 10.0. The van der Waals surface area contributed by atoms with Gasteiger partial charge in [0.15, 0.2) is 5.58 Å². The van der Waals surface area contributed by atoms with Crippen molar-refractivity contribution in [1.82, 2.24) is 9.55 Å². The second-order valence-corrected chi connectivity index (χ2v) is 9.40. The molecule has 0 radical (unpaired) electrons. The zero-order valence-electron chi connectivity index (χ0n) is 18.2. The van der Waals surface area contributed by atoms with Gasteiger partial charge in [-0.05, 0) is 49.6 Å². The van der Waals surface area contributed by atoms with Crippen LogP contribution in [0.3, 0.4) is 0 Å². The molecule has 0 saturated carbocycles. The summed E-state index contributed by atoms with van der Waals surface area (Å²) in [6, 6.07) is 12.5. The Morgan fingerprint density at radius 2 is 1.91 bits per heavy atom. The van der Waals surface area contributed by atoms with E-state index >= 15 is 0 Å². The van der Waals surface area contributed by atoms with Gasteiger partial charge in [-0.15, -0.1) is 0 Å². The number of hydrogen-bond acceptors (Lipinski definition) is 6. The van der Waals surface area contributed by atoms with Gasteiger partial charge in [-0.2, -0.15) is 4.39 Å². The van der Waals surface area contributed by atoms with E-state index in [0.29, 0.717) is 6.54 Å². The fraction of sp³-hybridized carbons (Fsp3) is 0.217. The number of nitrogens with one attached hydrogen (secondary N) is 1. The van der Waals surface area contributed by atoms with Crippen LogP contribution in [0.5, 0.6) is 0 Å². The second-order valence-electron chi connectivity index (χ2n) is 7.75. The monoisotopic (exact) mass is 488 g/mol. The van der Waals surface area contributed by atoms with Crippen LogP contribution in [0.15, 0.2) is 68.7 Å². The molecule has 1 atom stereocenters. The van der Waals surface area contributed by atoms with Gasteiger partial charge in [0.2, 0.25) is 5.95 Å². The van der Waals surface area contributed by atoms with Crippen LogP contribution in [0, 0.1) is 11.8 Å². The number of pyridine rings is 1. The van der Waals surface area contributed by atoms with Crippen LogP contribution in [0.4, 0.5) is 14.6 Å². The van der Waals surface area contributed by atoms with Gasteiger partial charge >= 0.3 is 5.76 Å². The van der Waals surface area contributed by atoms with Crippen molar-refractivity contribution < 1.29 is 21.6 Å². The maximum Gasteiger partial charge on any atom is 0.420 e. The van der Waals surface area contributed by atoms with E-state index in [1.807, 2.05) is 29.0 Å². The molecule has 2 heterocycles. The molecule has 178 valence electrons. The van der Waals surface area contributed by atoms with Crippen molar-refractivity contribution in [3.05, 3.63) is 88.0 Å². The standard InChI is InChI=1S/C23H22F2N4O4S/c1-14(16-7-2-5-15(11-16)6-4-10-26)29-18-12-17(24)20(13-19(18)33-23(29)30)34(31,32)28-22-9-3-8-21(25)27-22/h2-3,5,7-9,11-14H,4,6,10,26H2,1H3,(H,27,28)/t14-/m1/s1. The first-order valence-corrected chi connectivity index (χ1v) is 12.0. The quantitative estimate of drug-likeness (QED) is 0.366. The van der Waals surface area contributed by atoms with Crippen molar-refractivity contribution in [3.8, 4) is 0 Å². The van der Waals surface area contributed by atoms with Crippen molar-refractivity contribution in [2.45, 2.75) is 30.7 Å². The van der Waals surface area contributed by atoms with E-state index in [1.54, 1.807) is 6.92 Å². The molecule has 0 aliphatic rings. The fourth-order valence-electron chi connectivity index (χ4n) is 3.73. The Kier molecular flexibility index (Phi) is 6.49. The Labute approximate surface area is 194 Å². The summed E-state index contributed by atoms with van der Waals surface area (Å²) < 4.78 is 62.2. The third-order valence-corrected chi connectivity index (χ3v) is 6.77. The highest BCUT2D eigenvalue weighted by Crippen LogP contribution is 2.28. The lowest BCUT2D eigenvalue weighted by Gasteiger charge is -2.15. The van der Waals surface area contributed by atoms with Crippen molar-refractivity contribution in [2.75, 3.05) is 11.3 Å². The molecule has 0 unspecified atom stereocenters. The van der Waals surface area contributed by atoms with Crippen molar-refractivity contribution in [1.29, 1.82) is 0 Å². The summed E-state index contributed by atoms with van der Waals surface area (Å²) in [7, 11) is -4.48. The highest BCUT2D eigenvalue weighted by atomic mass is 32.2. The summed E-state index contributed by atoms with van der Waals surface area (Å²) in [6.45, 7) is 2.32. The number of sulfonamides is 1. The van der Waals surface area contributed by atoms with Crippen molar-refractivity contribution in [2.24, 2.45) is 5.73 Å². The van der Waals surface area contributed by atoms with Gasteiger partial charge in [0.1, 0.15) is 16.5 Å². The van der Waals surface area contributed by atoms with E-state index in [2.05, 4.69) is 4.98 Å². The lowest BCUT2D eigenvalue weighted by molar-refractivity contribution is 0.489. The van der Waals surface area contributed by atoms with E-state index in [9.17, 15) is 22.0 Å². The highest BCUT2D eigenvalue weighted by molar-refractivity contribution is 7.92. The summed E-state index contributed by atoms with van der Waals surface area (Å²) in [5, 5.41) is 0. The SMILES string of the molecule is C[C@H](c1cccc(CCCN)c1)n1c(=O)oc2cc(S(=O)(=O)Nc3cccc(F)n3)c(F)cc21. The van der Waals surface area contributed by atoms with Crippen LogP contribution < -0.4 is 16.2 Å².